The minimum Gasteiger partial charge on any atom is -0.396 e. The molecule has 17 heavy (non-hydrogen) atoms. The minimum absolute atomic E-state index is 0.252. The van der Waals surface area contributed by atoms with Gasteiger partial charge in [0.1, 0.15) is 0 Å². The molecule has 0 radical (unpaired) electrons. The van der Waals surface area contributed by atoms with Crippen molar-refractivity contribution in [1.29, 1.82) is 0 Å². The van der Waals surface area contributed by atoms with Crippen LogP contribution in [0.4, 0.5) is 0 Å². The maximum atomic E-state index is 8.72. The van der Waals surface area contributed by atoms with Crippen molar-refractivity contribution in [3.63, 3.8) is 0 Å². The molecule has 1 unspecified atom stereocenters. The fourth-order valence-corrected chi connectivity index (χ4v) is 3.07. The van der Waals surface area contributed by atoms with Crippen molar-refractivity contribution in [2.75, 3.05) is 26.7 Å². The topological polar surface area (TPSA) is 49.5 Å². The van der Waals surface area contributed by atoms with Gasteiger partial charge < -0.3 is 10.8 Å². The maximum Gasteiger partial charge on any atom is 0.0931 e. The normalized spacial score (nSPS) is 13.2. The SMILES string of the molecule is CN(CCCCCO)C(CN)c1ccc(Cl)s1. The number of unbranched alkanes of at least 4 members (excludes halogenated alkanes) is 2. The minimum atomic E-state index is 0.252. The summed E-state index contributed by atoms with van der Waals surface area (Å²) in [6.07, 6.45) is 3.03. The number of aliphatic hydroxyl groups excluding tert-OH is 1. The summed E-state index contributed by atoms with van der Waals surface area (Å²) in [5.74, 6) is 0. The number of halogens is 1. The summed E-state index contributed by atoms with van der Waals surface area (Å²) in [4.78, 5) is 3.49. The zero-order chi connectivity index (χ0) is 12.7. The van der Waals surface area contributed by atoms with Gasteiger partial charge in [-0.25, -0.2) is 0 Å². The second kappa shape index (κ2) is 8.06. The van der Waals surface area contributed by atoms with Crippen LogP contribution in [0.3, 0.4) is 0 Å². The van der Waals surface area contributed by atoms with Gasteiger partial charge in [-0.15, -0.1) is 11.3 Å². The van der Waals surface area contributed by atoms with Gasteiger partial charge in [0.15, 0.2) is 0 Å². The zero-order valence-corrected chi connectivity index (χ0v) is 11.8. The third-order valence-corrected chi connectivity index (χ3v) is 4.18. The van der Waals surface area contributed by atoms with Crippen molar-refractivity contribution in [1.82, 2.24) is 4.90 Å². The number of nitrogens with two attached hydrogens (primary N) is 1. The molecule has 0 fully saturated rings. The first kappa shape index (κ1) is 14.9. The van der Waals surface area contributed by atoms with E-state index in [2.05, 4.69) is 18.0 Å². The summed E-state index contributed by atoms with van der Waals surface area (Å²) < 4.78 is 0.812. The van der Waals surface area contributed by atoms with Crippen molar-refractivity contribution in [2.24, 2.45) is 5.73 Å². The fraction of sp³-hybridized carbons (Fsp3) is 0.667. The Morgan fingerprint density at radius 3 is 2.71 bits per heavy atom. The summed E-state index contributed by atoms with van der Waals surface area (Å²) in [5.41, 5.74) is 5.83. The van der Waals surface area contributed by atoms with Gasteiger partial charge in [0.05, 0.1) is 10.4 Å². The van der Waals surface area contributed by atoms with Gasteiger partial charge in [0, 0.05) is 18.0 Å². The number of likely N-dealkylation sites (N-methyl/N-ethyl adjacent to an activating group) is 1. The lowest BCUT2D eigenvalue weighted by Gasteiger charge is -2.26. The Labute approximate surface area is 112 Å². The molecule has 0 saturated heterocycles. The average molecular weight is 277 g/mol. The van der Waals surface area contributed by atoms with Crippen LogP contribution in [-0.4, -0.2) is 36.8 Å². The number of hydrogen-bond acceptors (Lipinski definition) is 4. The van der Waals surface area contributed by atoms with Crippen molar-refractivity contribution < 1.29 is 5.11 Å². The summed E-state index contributed by atoms with van der Waals surface area (Å²) in [5, 5.41) is 8.72. The van der Waals surface area contributed by atoms with E-state index >= 15 is 0 Å². The van der Waals surface area contributed by atoms with Gasteiger partial charge in [0.25, 0.3) is 0 Å². The van der Waals surface area contributed by atoms with Crippen LogP contribution in [-0.2, 0) is 0 Å². The molecule has 1 atom stereocenters. The highest BCUT2D eigenvalue weighted by Crippen LogP contribution is 2.29. The summed E-state index contributed by atoms with van der Waals surface area (Å²) in [6, 6.07) is 4.22. The Morgan fingerprint density at radius 2 is 2.18 bits per heavy atom. The van der Waals surface area contributed by atoms with E-state index in [0.717, 1.165) is 30.1 Å². The van der Waals surface area contributed by atoms with Crippen LogP contribution in [0.1, 0.15) is 30.2 Å². The number of aliphatic hydroxyl groups is 1. The lowest BCUT2D eigenvalue weighted by molar-refractivity contribution is 0.238. The van der Waals surface area contributed by atoms with E-state index in [9.17, 15) is 0 Å². The molecular weight excluding hydrogens is 256 g/mol. The number of thiophene rings is 1. The van der Waals surface area contributed by atoms with E-state index in [0.29, 0.717) is 6.54 Å². The summed E-state index contributed by atoms with van der Waals surface area (Å²) in [7, 11) is 2.09. The number of rotatable bonds is 8. The van der Waals surface area contributed by atoms with E-state index in [-0.39, 0.29) is 12.6 Å². The van der Waals surface area contributed by atoms with E-state index in [1.165, 1.54) is 4.88 Å². The van der Waals surface area contributed by atoms with Crippen LogP contribution >= 0.6 is 22.9 Å². The predicted octanol–water partition coefficient (Wildman–Crippen LogP) is 2.50. The van der Waals surface area contributed by atoms with E-state index in [4.69, 9.17) is 22.4 Å². The van der Waals surface area contributed by atoms with E-state index in [1.807, 2.05) is 6.07 Å². The molecule has 5 heteroatoms. The Morgan fingerprint density at radius 1 is 1.41 bits per heavy atom. The Kier molecular flexibility index (Phi) is 7.08. The molecule has 98 valence electrons. The molecule has 0 aliphatic rings. The molecule has 0 bridgehead atoms. The van der Waals surface area contributed by atoms with Crippen molar-refractivity contribution in [3.8, 4) is 0 Å². The Hall–Kier alpha value is -0.130. The standard InChI is InChI=1S/C12H21ClN2OS/c1-15(7-3-2-4-8-16)10(9-14)11-5-6-12(13)17-11/h5-6,10,16H,2-4,7-9,14H2,1H3. The van der Waals surface area contributed by atoms with Crippen LogP contribution in [0.5, 0.6) is 0 Å². The lowest BCUT2D eigenvalue weighted by Crippen LogP contribution is -2.30. The Balaban J connectivity index is 2.44. The van der Waals surface area contributed by atoms with Crippen LogP contribution in [0.15, 0.2) is 12.1 Å². The second-order valence-corrected chi connectivity index (χ2v) is 5.90. The van der Waals surface area contributed by atoms with Gasteiger partial charge in [-0.3, -0.25) is 4.90 Å². The zero-order valence-electron chi connectivity index (χ0n) is 10.2. The molecule has 0 spiro atoms. The van der Waals surface area contributed by atoms with Crippen LogP contribution in [0.25, 0.3) is 0 Å². The third kappa shape index (κ3) is 4.94. The van der Waals surface area contributed by atoms with E-state index < -0.39 is 0 Å². The maximum absolute atomic E-state index is 8.72. The third-order valence-electron chi connectivity index (χ3n) is 2.85. The van der Waals surface area contributed by atoms with Gasteiger partial charge >= 0.3 is 0 Å². The molecule has 1 aromatic rings. The summed E-state index contributed by atoms with van der Waals surface area (Å²) >= 11 is 7.54. The van der Waals surface area contributed by atoms with Crippen LogP contribution in [0, 0.1) is 0 Å². The molecule has 0 amide bonds. The molecule has 0 saturated carbocycles. The smallest absolute Gasteiger partial charge is 0.0931 e. The molecular formula is C12H21ClN2OS. The molecule has 0 aliphatic heterocycles. The molecule has 0 aliphatic carbocycles. The fourth-order valence-electron chi connectivity index (χ4n) is 1.83. The van der Waals surface area contributed by atoms with Gasteiger partial charge in [-0.1, -0.05) is 11.6 Å². The lowest BCUT2D eigenvalue weighted by atomic mass is 10.2. The van der Waals surface area contributed by atoms with Gasteiger partial charge in [-0.2, -0.15) is 0 Å². The highest BCUT2D eigenvalue weighted by Gasteiger charge is 2.16. The number of hydrogen-bond donors (Lipinski definition) is 2. The van der Waals surface area contributed by atoms with Crippen molar-refractivity contribution >= 4 is 22.9 Å². The average Bonchev–Trinajstić information content (AvgIpc) is 2.72. The Bertz CT molecular complexity index is 319. The van der Waals surface area contributed by atoms with Gasteiger partial charge in [-0.05, 0) is 45.0 Å². The summed E-state index contributed by atoms with van der Waals surface area (Å²) in [6.45, 7) is 1.88. The quantitative estimate of drug-likeness (QED) is 0.717. The molecule has 0 aromatic carbocycles. The first-order valence-corrected chi connectivity index (χ1v) is 7.15. The molecule has 3 nitrogen and oxygen atoms in total. The van der Waals surface area contributed by atoms with Crippen molar-refractivity contribution in [3.05, 3.63) is 21.3 Å². The highest BCUT2D eigenvalue weighted by molar-refractivity contribution is 7.16. The largest absolute Gasteiger partial charge is 0.396 e. The van der Waals surface area contributed by atoms with Crippen LogP contribution < -0.4 is 5.73 Å². The second-order valence-electron chi connectivity index (χ2n) is 4.16. The first-order chi connectivity index (χ1) is 8.19. The highest BCUT2D eigenvalue weighted by atomic mass is 35.5. The molecule has 1 aromatic heterocycles. The predicted molar refractivity (Wildman–Crippen MR) is 74.7 cm³/mol. The molecule has 1 heterocycles. The van der Waals surface area contributed by atoms with E-state index in [1.54, 1.807) is 11.3 Å². The van der Waals surface area contributed by atoms with Crippen LogP contribution in [0.2, 0.25) is 4.34 Å². The van der Waals surface area contributed by atoms with Gasteiger partial charge in [0.2, 0.25) is 0 Å². The number of nitrogens with zero attached hydrogens (tertiary/aromatic N) is 1. The monoisotopic (exact) mass is 276 g/mol. The molecule has 1 rings (SSSR count). The van der Waals surface area contributed by atoms with Crippen molar-refractivity contribution in [2.45, 2.75) is 25.3 Å². The first-order valence-electron chi connectivity index (χ1n) is 5.95. The molecule has 3 N–H and O–H groups in total.